The van der Waals surface area contributed by atoms with E-state index in [0.717, 1.165) is 25.0 Å². The summed E-state index contributed by atoms with van der Waals surface area (Å²) in [5, 5.41) is 31.4. The lowest BCUT2D eigenvalue weighted by Crippen LogP contribution is -2.24. The van der Waals surface area contributed by atoms with Crippen LogP contribution in [-0.2, 0) is 0 Å². The van der Waals surface area contributed by atoms with Crippen LogP contribution >= 0.6 is 0 Å². The molecule has 1 aromatic rings. The Balaban J connectivity index is 1.90. The van der Waals surface area contributed by atoms with Crippen LogP contribution in [0.2, 0.25) is 0 Å². The molecule has 0 saturated heterocycles. The summed E-state index contributed by atoms with van der Waals surface area (Å²) in [7, 11) is 0. The molecule has 0 saturated carbocycles. The van der Waals surface area contributed by atoms with E-state index in [9.17, 15) is 20.1 Å². The fourth-order valence-corrected chi connectivity index (χ4v) is 3.79. The number of unbranched alkanes of at least 4 members (excludes halogenated alkanes) is 15. The lowest BCUT2D eigenvalue weighted by molar-refractivity contribution is 0.0947. The molecule has 0 radical (unpaired) electrons. The van der Waals surface area contributed by atoms with Gasteiger partial charge in [-0.05, 0) is 6.42 Å². The molecule has 1 rings (SSSR count). The first-order valence-corrected chi connectivity index (χ1v) is 12.1. The normalized spacial score (nSPS) is 11.0. The van der Waals surface area contributed by atoms with Crippen LogP contribution in [0.15, 0.2) is 12.1 Å². The van der Waals surface area contributed by atoms with Crippen molar-refractivity contribution >= 4 is 5.91 Å². The zero-order valence-corrected chi connectivity index (χ0v) is 18.9. The van der Waals surface area contributed by atoms with Crippen molar-refractivity contribution in [2.45, 2.75) is 110 Å². The number of carbonyl (C=O) groups is 1. The second kappa shape index (κ2) is 16.8. The first kappa shape index (κ1) is 26.1. The van der Waals surface area contributed by atoms with Gasteiger partial charge >= 0.3 is 0 Å². The Morgan fingerprint density at radius 3 is 1.43 bits per heavy atom. The number of amides is 1. The van der Waals surface area contributed by atoms with Crippen molar-refractivity contribution in [2.24, 2.45) is 0 Å². The number of phenolic OH excluding ortho intramolecular Hbond substituents is 3. The lowest BCUT2D eigenvalue weighted by atomic mass is 10.0. The first-order chi connectivity index (χ1) is 14.6. The van der Waals surface area contributed by atoms with Gasteiger partial charge in [0, 0.05) is 18.7 Å². The van der Waals surface area contributed by atoms with Crippen molar-refractivity contribution in [3.63, 3.8) is 0 Å². The van der Waals surface area contributed by atoms with Crippen molar-refractivity contribution in [3.8, 4) is 17.2 Å². The minimum atomic E-state index is -0.522. The van der Waals surface area contributed by atoms with Gasteiger partial charge in [0.2, 0.25) is 0 Å². The summed E-state index contributed by atoms with van der Waals surface area (Å²) in [6, 6.07) is 2.09. The predicted molar refractivity (Wildman–Crippen MR) is 123 cm³/mol. The van der Waals surface area contributed by atoms with Crippen molar-refractivity contribution in [1.29, 1.82) is 0 Å². The number of aromatic hydroxyl groups is 3. The molecule has 5 nitrogen and oxygen atoms in total. The average molecular weight is 422 g/mol. The molecule has 0 aliphatic carbocycles. The minimum Gasteiger partial charge on any atom is -0.508 e. The van der Waals surface area contributed by atoms with Crippen LogP contribution in [0.1, 0.15) is 120 Å². The van der Waals surface area contributed by atoms with Crippen LogP contribution in [0.4, 0.5) is 0 Å². The smallest absolute Gasteiger partial charge is 0.258 e. The summed E-state index contributed by atoms with van der Waals surface area (Å²) in [4.78, 5) is 12.0. The van der Waals surface area contributed by atoms with E-state index in [0.29, 0.717) is 6.54 Å². The molecule has 5 heteroatoms. The molecule has 0 atom stereocenters. The Kier molecular flexibility index (Phi) is 14.7. The van der Waals surface area contributed by atoms with Crippen molar-refractivity contribution < 1.29 is 20.1 Å². The lowest BCUT2D eigenvalue weighted by Gasteiger charge is -2.09. The third kappa shape index (κ3) is 11.9. The molecular weight excluding hydrogens is 378 g/mol. The van der Waals surface area contributed by atoms with E-state index in [1.807, 2.05) is 0 Å². The van der Waals surface area contributed by atoms with Crippen molar-refractivity contribution in [2.75, 3.05) is 6.54 Å². The Morgan fingerprint density at radius 2 is 1.03 bits per heavy atom. The zero-order chi connectivity index (χ0) is 22.0. The largest absolute Gasteiger partial charge is 0.508 e. The van der Waals surface area contributed by atoms with Crippen LogP contribution < -0.4 is 5.32 Å². The molecule has 0 aromatic heterocycles. The summed E-state index contributed by atoms with van der Waals surface area (Å²) < 4.78 is 0. The number of carbonyl (C=O) groups excluding carboxylic acids is 1. The van der Waals surface area contributed by atoms with E-state index in [2.05, 4.69) is 12.2 Å². The summed E-state index contributed by atoms with van der Waals surface area (Å²) in [5.41, 5.74) is -0.190. The van der Waals surface area contributed by atoms with Gasteiger partial charge in [0.05, 0.1) is 0 Å². The fraction of sp³-hybridized carbons (Fsp3) is 0.720. The number of phenols is 3. The highest BCUT2D eigenvalue weighted by molar-refractivity contribution is 5.99. The SMILES string of the molecule is CCCCCCCCCCCCCCCCCCNC(=O)c1c(O)cc(O)cc1O. The molecule has 0 heterocycles. The highest BCUT2D eigenvalue weighted by Crippen LogP contribution is 2.31. The van der Waals surface area contributed by atoms with E-state index in [-0.39, 0.29) is 11.3 Å². The molecule has 30 heavy (non-hydrogen) atoms. The van der Waals surface area contributed by atoms with E-state index in [4.69, 9.17) is 0 Å². The van der Waals surface area contributed by atoms with Gasteiger partial charge in [-0.1, -0.05) is 103 Å². The zero-order valence-electron chi connectivity index (χ0n) is 18.9. The number of rotatable bonds is 18. The van der Waals surface area contributed by atoms with Crippen molar-refractivity contribution in [1.82, 2.24) is 5.32 Å². The van der Waals surface area contributed by atoms with Gasteiger partial charge in [-0.25, -0.2) is 0 Å². The number of benzene rings is 1. The van der Waals surface area contributed by atoms with Crippen LogP contribution in [0.25, 0.3) is 0 Å². The summed E-state index contributed by atoms with van der Waals surface area (Å²) >= 11 is 0. The molecule has 0 bridgehead atoms. The quantitative estimate of drug-likeness (QED) is 0.196. The van der Waals surface area contributed by atoms with Crippen molar-refractivity contribution in [3.05, 3.63) is 17.7 Å². The summed E-state index contributed by atoms with van der Waals surface area (Å²) in [5.74, 6) is -1.64. The van der Waals surface area contributed by atoms with Gasteiger partial charge < -0.3 is 20.6 Å². The highest BCUT2D eigenvalue weighted by atomic mass is 16.3. The molecule has 0 spiro atoms. The molecule has 172 valence electrons. The average Bonchev–Trinajstić information content (AvgIpc) is 2.69. The molecule has 1 amide bonds. The third-order valence-corrected chi connectivity index (χ3v) is 5.62. The fourth-order valence-electron chi connectivity index (χ4n) is 3.79. The monoisotopic (exact) mass is 421 g/mol. The molecule has 1 aromatic carbocycles. The number of nitrogens with one attached hydrogen (secondary N) is 1. The van der Waals surface area contributed by atoms with Gasteiger partial charge in [-0.3, -0.25) is 4.79 Å². The van der Waals surface area contributed by atoms with Crippen LogP contribution in [0, 0.1) is 0 Å². The molecular formula is C25H43NO4. The topological polar surface area (TPSA) is 89.8 Å². The maximum atomic E-state index is 12.0. The number of hydrogen-bond acceptors (Lipinski definition) is 4. The maximum absolute atomic E-state index is 12.0. The van der Waals surface area contributed by atoms with E-state index < -0.39 is 17.4 Å². The molecule has 4 N–H and O–H groups in total. The minimum absolute atomic E-state index is 0.190. The van der Waals surface area contributed by atoms with Crippen LogP contribution in [-0.4, -0.2) is 27.8 Å². The molecule has 0 aliphatic rings. The molecule has 0 aliphatic heterocycles. The molecule has 0 unspecified atom stereocenters. The Morgan fingerprint density at radius 1 is 0.667 bits per heavy atom. The van der Waals surface area contributed by atoms with Gasteiger partial charge in [-0.15, -0.1) is 0 Å². The van der Waals surface area contributed by atoms with E-state index in [1.54, 1.807) is 0 Å². The molecule has 0 fully saturated rings. The predicted octanol–water partition coefficient (Wildman–Crippen LogP) is 6.79. The highest BCUT2D eigenvalue weighted by Gasteiger charge is 2.17. The van der Waals surface area contributed by atoms with Gasteiger partial charge in [-0.2, -0.15) is 0 Å². The van der Waals surface area contributed by atoms with E-state index in [1.165, 1.54) is 89.9 Å². The van der Waals surface area contributed by atoms with Crippen LogP contribution in [0.5, 0.6) is 17.2 Å². The Labute approximate surface area is 182 Å². The standard InChI is InChI=1S/C25H43NO4/c1-2-3-4-5-6-7-8-9-10-11-12-13-14-15-16-17-18-26-25(30)24-22(28)19-21(27)20-23(24)29/h19-20,27-29H,2-18H2,1H3,(H,26,30). The van der Waals surface area contributed by atoms with Gasteiger partial charge in [0.1, 0.15) is 22.8 Å². The number of hydrogen-bond donors (Lipinski definition) is 4. The van der Waals surface area contributed by atoms with E-state index >= 15 is 0 Å². The third-order valence-electron chi connectivity index (χ3n) is 5.62. The van der Waals surface area contributed by atoms with Crippen LogP contribution in [0.3, 0.4) is 0 Å². The second-order valence-corrected chi connectivity index (χ2v) is 8.42. The Bertz CT molecular complexity index is 566. The van der Waals surface area contributed by atoms with Gasteiger partial charge in [0.15, 0.2) is 0 Å². The first-order valence-electron chi connectivity index (χ1n) is 12.1. The Hall–Kier alpha value is -1.91. The second-order valence-electron chi connectivity index (χ2n) is 8.42. The maximum Gasteiger partial charge on any atom is 0.258 e. The summed E-state index contributed by atoms with van der Waals surface area (Å²) in [6.45, 7) is 2.78. The summed E-state index contributed by atoms with van der Waals surface area (Å²) in [6.07, 6.45) is 20.9. The van der Waals surface area contributed by atoms with Gasteiger partial charge in [0.25, 0.3) is 5.91 Å².